The lowest BCUT2D eigenvalue weighted by molar-refractivity contribution is 0.414. The summed E-state index contributed by atoms with van der Waals surface area (Å²) in [6.07, 6.45) is 1.40. The van der Waals surface area contributed by atoms with Crippen molar-refractivity contribution in [3.05, 3.63) is 53.6 Å². The molecule has 2 aromatic rings. The summed E-state index contributed by atoms with van der Waals surface area (Å²) in [5, 5.41) is 14.5. The fourth-order valence-corrected chi connectivity index (χ4v) is 2.88. The van der Waals surface area contributed by atoms with Crippen LogP contribution in [0.25, 0.3) is 0 Å². The summed E-state index contributed by atoms with van der Waals surface area (Å²) in [6, 6.07) is 14.3. The van der Waals surface area contributed by atoms with Gasteiger partial charge >= 0.3 is 0 Å². The van der Waals surface area contributed by atoms with Crippen LogP contribution in [0.5, 0.6) is 5.75 Å². The first-order valence-electron chi connectivity index (χ1n) is 8.27. The Hall–Kier alpha value is -2.53. The third-order valence-electron chi connectivity index (χ3n) is 4.32. The van der Waals surface area contributed by atoms with Gasteiger partial charge in [0.15, 0.2) is 0 Å². The highest BCUT2D eigenvalue weighted by molar-refractivity contribution is 5.87. The van der Waals surface area contributed by atoms with Gasteiger partial charge < -0.3 is 25.7 Å². The number of hydrogen-bond acceptors (Lipinski definition) is 5. The highest BCUT2D eigenvalue weighted by Gasteiger charge is 2.12. The molecular formula is C19H24N4O. The zero-order valence-corrected chi connectivity index (χ0v) is 14.0. The predicted molar refractivity (Wildman–Crippen MR) is 99.7 cm³/mol. The Labute approximate surface area is 143 Å². The van der Waals surface area contributed by atoms with E-state index >= 15 is 0 Å². The molecule has 0 bridgehead atoms. The molecule has 0 amide bonds. The van der Waals surface area contributed by atoms with Crippen LogP contribution in [-0.2, 0) is 6.54 Å². The monoisotopic (exact) mass is 324 g/mol. The molecule has 0 spiro atoms. The lowest BCUT2D eigenvalue weighted by Gasteiger charge is -2.30. The van der Waals surface area contributed by atoms with E-state index in [1.807, 2.05) is 18.2 Å². The van der Waals surface area contributed by atoms with Crippen LogP contribution in [0.15, 0.2) is 42.5 Å². The third-order valence-corrected chi connectivity index (χ3v) is 4.32. The minimum Gasteiger partial charge on any atom is -0.497 e. The zero-order chi connectivity index (χ0) is 16.8. The minimum absolute atomic E-state index is 0.718. The summed E-state index contributed by atoms with van der Waals surface area (Å²) >= 11 is 0. The van der Waals surface area contributed by atoms with Crippen molar-refractivity contribution >= 4 is 17.6 Å². The maximum atomic E-state index is 7.63. The highest BCUT2D eigenvalue weighted by atomic mass is 16.5. The molecule has 2 aromatic carbocycles. The Morgan fingerprint density at radius 1 is 1.17 bits per heavy atom. The Bertz CT molecular complexity index is 678. The van der Waals surface area contributed by atoms with Crippen molar-refractivity contribution in [3.63, 3.8) is 0 Å². The van der Waals surface area contributed by atoms with Crippen molar-refractivity contribution in [3.8, 4) is 5.75 Å². The summed E-state index contributed by atoms with van der Waals surface area (Å²) in [4.78, 5) is 2.38. The van der Waals surface area contributed by atoms with Crippen molar-refractivity contribution in [1.29, 1.82) is 5.41 Å². The van der Waals surface area contributed by atoms with E-state index in [-0.39, 0.29) is 0 Å². The van der Waals surface area contributed by atoms with Crippen LogP contribution < -0.4 is 20.3 Å². The van der Waals surface area contributed by atoms with E-state index in [0.29, 0.717) is 0 Å². The van der Waals surface area contributed by atoms with Gasteiger partial charge in [0, 0.05) is 55.9 Å². The van der Waals surface area contributed by atoms with Crippen LogP contribution in [0.3, 0.4) is 0 Å². The number of nitrogens with one attached hydrogen (secondary N) is 3. The average molecular weight is 324 g/mol. The van der Waals surface area contributed by atoms with Gasteiger partial charge in [0.25, 0.3) is 0 Å². The lowest BCUT2D eigenvalue weighted by atomic mass is 10.1. The maximum Gasteiger partial charge on any atom is 0.118 e. The summed E-state index contributed by atoms with van der Waals surface area (Å²) in [5.41, 5.74) is 4.29. The van der Waals surface area contributed by atoms with E-state index in [9.17, 15) is 0 Å². The summed E-state index contributed by atoms with van der Waals surface area (Å²) in [5.74, 6) is 0.861. The van der Waals surface area contributed by atoms with E-state index in [2.05, 4.69) is 39.8 Å². The SMILES string of the molecule is COc1ccc(CNc2cc(N3CCNCC3)ccc2C=N)cc1. The first-order valence-corrected chi connectivity index (χ1v) is 8.27. The van der Waals surface area contributed by atoms with E-state index in [0.717, 1.165) is 49.7 Å². The van der Waals surface area contributed by atoms with Crippen LogP contribution in [-0.4, -0.2) is 39.5 Å². The summed E-state index contributed by atoms with van der Waals surface area (Å²) in [6.45, 7) is 4.78. The molecular weight excluding hydrogens is 300 g/mol. The second-order valence-corrected chi connectivity index (χ2v) is 5.85. The summed E-state index contributed by atoms with van der Waals surface area (Å²) < 4.78 is 5.19. The lowest BCUT2D eigenvalue weighted by Crippen LogP contribution is -2.43. The highest BCUT2D eigenvalue weighted by Crippen LogP contribution is 2.24. The standard InChI is InChI=1S/C19H24N4O/c1-24-18-6-2-15(3-7-18)14-22-19-12-17(5-4-16(19)13-20)23-10-8-21-9-11-23/h2-7,12-13,20-22H,8-11,14H2,1H3. The Kier molecular flexibility index (Phi) is 5.33. The number of piperazine rings is 1. The summed E-state index contributed by atoms with van der Waals surface area (Å²) in [7, 11) is 1.67. The van der Waals surface area contributed by atoms with Crippen LogP contribution in [0.1, 0.15) is 11.1 Å². The molecule has 126 valence electrons. The van der Waals surface area contributed by atoms with Gasteiger partial charge in [0.2, 0.25) is 0 Å². The molecule has 0 aliphatic carbocycles. The fraction of sp³-hybridized carbons (Fsp3) is 0.316. The van der Waals surface area contributed by atoms with E-state index in [1.54, 1.807) is 7.11 Å². The number of ether oxygens (including phenoxy) is 1. The number of rotatable bonds is 6. The Morgan fingerprint density at radius 3 is 2.58 bits per heavy atom. The van der Waals surface area contributed by atoms with Crippen molar-refractivity contribution in [2.45, 2.75) is 6.54 Å². The number of benzene rings is 2. The molecule has 3 N–H and O–H groups in total. The molecule has 0 saturated carbocycles. The second kappa shape index (κ2) is 7.84. The molecule has 3 rings (SSSR count). The van der Waals surface area contributed by atoms with Crippen LogP contribution in [0.4, 0.5) is 11.4 Å². The third kappa shape index (κ3) is 3.86. The number of methoxy groups -OCH3 is 1. The molecule has 5 nitrogen and oxygen atoms in total. The second-order valence-electron chi connectivity index (χ2n) is 5.85. The molecule has 1 heterocycles. The molecule has 0 unspecified atom stereocenters. The van der Waals surface area contributed by atoms with Gasteiger partial charge in [-0.1, -0.05) is 12.1 Å². The zero-order valence-electron chi connectivity index (χ0n) is 14.0. The number of anilines is 2. The van der Waals surface area contributed by atoms with E-state index < -0.39 is 0 Å². The topological polar surface area (TPSA) is 60.4 Å². The molecule has 5 heteroatoms. The van der Waals surface area contributed by atoms with Crippen molar-refractivity contribution in [2.75, 3.05) is 43.5 Å². The molecule has 1 aliphatic heterocycles. The van der Waals surface area contributed by atoms with Crippen LogP contribution >= 0.6 is 0 Å². The van der Waals surface area contributed by atoms with Gasteiger partial charge in [-0.15, -0.1) is 0 Å². The number of nitrogens with zero attached hydrogens (tertiary/aromatic N) is 1. The number of hydrogen-bond donors (Lipinski definition) is 3. The van der Waals surface area contributed by atoms with Crippen LogP contribution in [0.2, 0.25) is 0 Å². The first-order chi connectivity index (χ1) is 11.8. The maximum absolute atomic E-state index is 7.63. The largest absolute Gasteiger partial charge is 0.497 e. The molecule has 0 radical (unpaired) electrons. The quantitative estimate of drug-likeness (QED) is 0.715. The van der Waals surface area contributed by atoms with E-state index in [1.165, 1.54) is 17.5 Å². The molecule has 0 atom stereocenters. The predicted octanol–water partition coefficient (Wildman–Crippen LogP) is 2.71. The Morgan fingerprint density at radius 2 is 1.92 bits per heavy atom. The average Bonchev–Trinajstić information content (AvgIpc) is 2.67. The van der Waals surface area contributed by atoms with Gasteiger partial charge in [0.05, 0.1) is 7.11 Å². The van der Waals surface area contributed by atoms with Crippen molar-refractivity contribution in [2.24, 2.45) is 0 Å². The van der Waals surface area contributed by atoms with Gasteiger partial charge in [-0.3, -0.25) is 0 Å². The van der Waals surface area contributed by atoms with Gasteiger partial charge in [-0.25, -0.2) is 0 Å². The van der Waals surface area contributed by atoms with E-state index in [4.69, 9.17) is 10.1 Å². The molecule has 1 aliphatic rings. The molecule has 24 heavy (non-hydrogen) atoms. The van der Waals surface area contributed by atoms with Gasteiger partial charge in [-0.05, 0) is 35.9 Å². The van der Waals surface area contributed by atoms with Crippen LogP contribution in [0, 0.1) is 5.41 Å². The van der Waals surface area contributed by atoms with Crippen molar-refractivity contribution in [1.82, 2.24) is 5.32 Å². The molecule has 1 fully saturated rings. The first kappa shape index (κ1) is 16.3. The normalized spacial score (nSPS) is 14.3. The molecule has 0 aromatic heterocycles. The smallest absolute Gasteiger partial charge is 0.118 e. The molecule has 1 saturated heterocycles. The fourth-order valence-electron chi connectivity index (χ4n) is 2.88. The van der Waals surface area contributed by atoms with Gasteiger partial charge in [0.1, 0.15) is 5.75 Å². The van der Waals surface area contributed by atoms with Gasteiger partial charge in [-0.2, -0.15) is 0 Å². The Balaban J connectivity index is 1.73. The van der Waals surface area contributed by atoms with Crippen molar-refractivity contribution < 1.29 is 4.74 Å². The minimum atomic E-state index is 0.718.